The Labute approximate surface area is 129 Å². The summed E-state index contributed by atoms with van der Waals surface area (Å²) in [6, 6.07) is 21.3. The minimum atomic E-state index is 1.05. The van der Waals surface area contributed by atoms with E-state index in [-0.39, 0.29) is 0 Å². The predicted molar refractivity (Wildman–Crippen MR) is 92.3 cm³/mol. The number of rotatable bonds is 8. The topological polar surface area (TPSA) is 6.48 Å². The molecule has 112 valence electrons. The maximum absolute atomic E-state index is 2.48. The van der Waals surface area contributed by atoms with E-state index in [1.807, 2.05) is 0 Å². The standard InChI is InChI=1S/C19H26N2/c1-3-20(4-2)16-11-17-21(18-12-7-5-8-13-18)19-14-9-6-10-15-19/h5-10,12-15H,3-4,11,16-17H2,1-2H3. The Bertz CT molecular complexity index is 452. The lowest BCUT2D eigenvalue weighted by molar-refractivity contribution is 0.301. The molecule has 0 aliphatic heterocycles. The van der Waals surface area contributed by atoms with E-state index in [0.29, 0.717) is 0 Å². The molecule has 0 heterocycles. The van der Waals surface area contributed by atoms with Crippen molar-refractivity contribution in [1.82, 2.24) is 4.90 Å². The molecule has 0 fully saturated rings. The molecule has 0 spiro atoms. The van der Waals surface area contributed by atoms with Crippen LogP contribution in [0, 0.1) is 0 Å². The van der Waals surface area contributed by atoms with Gasteiger partial charge in [-0.25, -0.2) is 0 Å². The minimum Gasteiger partial charge on any atom is -0.341 e. The number of hydrogen-bond donors (Lipinski definition) is 0. The summed E-state index contributed by atoms with van der Waals surface area (Å²) in [4.78, 5) is 4.89. The number of hydrogen-bond acceptors (Lipinski definition) is 2. The zero-order valence-corrected chi connectivity index (χ0v) is 13.2. The van der Waals surface area contributed by atoms with E-state index in [1.165, 1.54) is 17.8 Å². The van der Waals surface area contributed by atoms with Crippen molar-refractivity contribution in [2.24, 2.45) is 0 Å². The molecule has 0 unspecified atom stereocenters. The normalized spacial score (nSPS) is 10.8. The Morgan fingerprint density at radius 2 is 1.14 bits per heavy atom. The van der Waals surface area contributed by atoms with Crippen LogP contribution in [-0.2, 0) is 0 Å². The molecule has 0 aromatic heterocycles. The van der Waals surface area contributed by atoms with Gasteiger partial charge in [0, 0.05) is 17.9 Å². The SMILES string of the molecule is CCN(CC)CCCN(c1ccccc1)c1ccccc1. The minimum absolute atomic E-state index is 1.05. The Hall–Kier alpha value is -1.80. The zero-order chi connectivity index (χ0) is 14.9. The first-order valence-corrected chi connectivity index (χ1v) is 7.95. The summed E-state index contributed by atoms with van der Waals surface area (Å²) in [5.74, 6) is 0. The van der Waals surface area contributed by atoms with Crippen molar-refractivity contribution in [2.75, 3.05) is 31.1 Å². The lowest BCUT2D eigenvalue weighted by Gasteiger charge is -2.26. The van der Waals surface area contributed by atoms with Crippen LogP contribution >= 0.6 is 0 Å². The summed E-state index contributed by atoms with van der Waals surface area (Å²) < 4.78 is 0. The Morgan fingerprint density at radius 1 is 0.667 bits per heavy atom. The van der Waals surface area contributed by atoms with Gasteiger partial charge in [-0.15, -0.1) is 0 Å². The van der Waals surface area contributed by atoms with Gasteiger partial charge in [-0.05, 0) is 50.3 Å². The van der Waals surface area contributed by atoms with Gasteiger partial charge in [0.25, 0.3) is 0 Å². The Morgan fingerprint density at radius 3 is 1.57 bits per heavy atom. The van der Waals surface area contributed by atoms with Gasteiger partial charge in [0.15, 0.2) is 0 Å². The summed E-state index contributed by atoms with van der Waals surface area (Å²) in [5, 5.41) is 0. The number of nitrogens with zero attached hydrogens (tertiary/aromatic N) is 2. The molecule has 0 aliphatic carbocycles. The highest BCUT2D eigenvalue weighted by molar-refractivity contribution is 5.62. The highest BCUT2D eigenvalue weighted by Gasteiger charge is 2.09. The van der Waals surface area contributed by atoms with E-state index in [0.717, 1.165) is 26.2 Å². The van der Waals surface area contributed by atoms with E-state index < -0.39 is 0 Å². The average molecular weight is 282 g/mol. The lowest BCUT2D eigenvalue weighted by Crippen LogP contribution is -2.27. The zero-order valence-electron chi connectivity index (χ0n) is 13.2. The molecule has 2 aromatic carbocycles. The highest BCUT2D eigenvalue weighted by atomic mass is 15.1. The van der Waals surface area contributed by atoms with E-state index in [2.05, 4.69) is 84.3 Å². The van der Waals surface area contributed by atoms with Crippen LogP contribution in [0.3, 0.4) is 0 Å². The molecule has 2 aromatic rings. The van der Waals surface area contributed by atoms with Gasteiger partial charge in [-0.1, -0.05) is 50.2 Å². The van der Waals surface area contributed by atoms with E-state index >= 15 is 0 Å². The van der Waals surface area contributed by atoms with Crippen LogP contribution in [0.5, 0.6) is 0 Å². The molecule has 0 bridgehead atoms. The molecule has 2 nitrogen and oxygen atoms in total. The fourth-order valence-electron chi connectivity index (χ4n) is 2.62. The van der Waals surface area contributed by atoms with E-state index in [9.17, 15) is 0 Å². The summed E-state index contributed by atoms with van der Waals surface area (Å²) in [6.07, 6.45) is 1.17. The van der Waals surface area contributed by atoms with Gasteiger partial charge in [0.2, 0.25) is 0 Å². The second kappa shape index (κ2) is 8.48. The third-order valence-electron chi connectivity index (χ3n) is 3.89. The molecule has 0 radical (unpaired) electrons. The van der Waals surface area contributed by atoms with Crippen molar-refractivity contribution in [3.05, 3.63) is 60.7 Å². The summed E-state index contributed by atoms with van der Waals surface area (Å²) >= 11 is 0. The van der Waals surface area contributed by atoms with Crippen molar-refractivity contribution >= 4 is 11.4 Å². The molecule has 0 saturated heterocycles. The third kappa shape index (κ3) is 4.61. The van der Waals surface area contributed by atoms with Crippen LogP contribution in [0.1, 0.15) is 20.3 Å². The summed E-state index contributed by atoms with van der Waals surface area (Å²) in [7, 11) is 0. The lowest BCUT2D eigenvalue weighted by atomic mass is 10.2. The first-order valence-electron chi connectivity index (χ1n) is 7.95. The molecule has 0 atom stereocenters. The van der Waals surface area contributed by atoms with Crippen LogP contribution in [0.2, 0.25) is 0 Å². The highest BCUT2D eigenvalue weighted by Crippen LogP contribution is 2.24. The average Bonchev–Trinajstić information content (AvgIpc) is 2.57. The van der Waals surface area contributed by atoms with E-state index in [1.54, 1.807) is 0 Å². The molecular formula is C19H26N2. The van der Waals surface area contributed by atoms with E-state index in [4.69, 9.17) is 0 Å². The van der Waals surface area contributed by atoms with Gasteiger partial charge >= 0.3 is 0 Å². The maximum Gasteiger partial charge on any atom is 0.0410 e. The first-order chi connectivity index (χ1) is 10.3. The monoisotopic (exact) mass is 282 g/mol. The fourth-order valence-corrected chi connectivity index (χ4v) is 2.62. The second-order valence-electron chi connectivity index (χ2n) is 5.20. The molecule has 0 amide bonds. The smallest absolute Gasteiger partial charge is 0.0410 e. The van der Waals surface area contributed by atoms with Crippen molar-refractivity contribution in [2.45, 2.75) is 20.3 Å². The molecule has 0 saturated carbocycles. The predicted octanol–water partition coefficient (Wildman–Crippen LogP) is 4.56. The largest absolute Gasteiger partial charge is 0.341 e. The molecular weight excluding hydrogens is 256 g/mol. The fraction of sp³-hybridized carbons (Fsp3) is 0.368. The van der Waals surface area contributed by atoms with Crippen LogP contribution in [0.4, 0.5) is 11.4 Å². The molecule has 21 heavy (non-hydrogen) atoms. The molecule has 2 rings (SSSR count). The van der Waals surface area contributed by atoms with Crippen LogP contribution < -0.4 is 4.90 Å². The molecule has 0 aliphatic rings. The number of anilines is 2. The second-order valence-corrected chi connectivity index (χ2v) is 5.20. The van der Waals surface area contributed by atoms with Crippen LogP contribution in [-0.4, -0.2) is 31.1 Å². The van der Waals surface area contributed by atoms with Crippen molar-refractivity contribution in [1.29, 1.82) is 0 Å². The first kappa shape index (κ1) is 15.6. The van der Waals surface area contributed by atoms with Gasteiger partial charge in [-0.3, -0.25) is 0 Å². The van der Waals surface area contributed by atoms with Gasteiger partial charge in [0.05, 0.1) is 0 Å². The Balaban J connectivity index is 2.07. The molecule has 2 heteroatoms. The van der Waals surface area contributed by atoms with Gasteiger partial charge < -0.3 is 9.80 Å². The summed E-state index contributed by atoms with van der Waals surface area (Å²) in [5.41, 5.74) is 2.53. The third-order valence-corrected chi connectivity index (χ3v) is 3.89. The van der Waals surface area contributed by atoms with Crippen molar-refractivity contribution in [3.8, 4) is 0 Å². The molecule has 0 N–H and O–H groups in total. The van der Waals surface area contributed by atoms with Gasteiger partial charge in [-0.2, -0.15) is 0 Å². The quantitative estimate of drug-likeness (QED) is 0.700. The number of benzene rings is 2. The summed E-state index contributed by atoms with van der Waals surface area (Å²) in [6.45, 7) is 8.93. The van der Waals surface area contributed by atoms with Crippen LogP contribution in [0.25, 0.3) is 0 Å². The maximum atomic E-state index is 2.48. The Kier molecular flexibility index (Phi) is 6.29. The van der Waals surface area contributed by atoms with Crippen molar-refractivity contribution < 1.29 is 0 Å². The van der Waals surface area contributed by atoms with Crippen molar-refractivity contribution in [3.63, 3.8) is 0 Å². The van der Waals surface area contributed by atoms with Gasteiger partial charge in [0.1, 0.15) is 0 Å². The van der Waals surface area contributed by atoms with Crippen LogP contribution in [0.15, 0.2) is 60.7 Å². The number of para-hydroxylation sites is 2.